The molecule has 0 amide bonds. The summed E-state index contributed by atoms with van der Waals surface area (Å²) in [5.41, 5.74) is 1.75. The number of ether oxygens (including phenoxy) is 3. The maximum atomic E-state index is 12.4. The Morgan fingerprint density at radius 2 is 1.00 bits per heavy atom. The summed E-state index contributed by atoms with van der Waals surface area (Å²) in [7, 11) is 0. The Labute approximate surface area is 198 Å². The summed E-state index contributed by atoms with van der Waals surface area (Å²) < 4.78 is 17.1. The van der Waals surface area contributed by atoms with E-state index < -0.39 is 11.9 Å². The second-order valence-corrected chi connectivity index (χ2v) is 7.52. The van der Waals surface area contributed by atoms with E-state index in [1.165, 1.54) is 24.3 Å². The van der Waals surface area contributed by atoms with E-state index in [-0.39, 0.29) is 11.1 Å². The number of benzene rings is 4. The maximum Gasteiger partial charge on any atom is 0.346 e. The second-order valence-electron chi connectivity index (χ2n) is 7.52. The molecule has 0 fully saturated rings. The minimum Gasteiger partial charge on any atom is -0.457 e. The largest absolute Gasteiger partial charge is 0.457 e. The van der Waals surface area contributed by atoms with Crippen LogP contribution in [0.4, 0.5) is 0 Å². The van der Waals surface area contributed by atoms with Gasteiger partial charge >= 0.3 is 11.9 Å². The van der Waals surface area contributed by atoms with Crippen LogP contribution >= 0.6 is 0 Å². The van der Waals surface area contributed by atoms with Crippen LogP contribution in [-0.2, 0) is 14.3 Å². The molecule has 0 N–H and O–H groups in total. The van der Waals surface area contributed by atoms with Crippen molar-refractivity contribution >= 4 is 46.7 Å². The zero-order chi connectivity index (χ0) is 24.4. The van der Waals surface area contributed by atoms with Gasteiger partial charge in [-0.1, -0.05) is 24.3 Å². The Kier molecular flexibility index (Phi) is 5.54. The van der Waals surface area contributed by atoms with Crippen molar-refractivity contribution in [1.29, 1.82) is 0 Å². The fraction of sp³-hybridized carbons (Fsp3) is 0. The van der Waals surface area contributed by atoms with Crippen molar-refractivity contribution < 1.29 is 33.4 Å². The van der Waals surface area contributed by atoms with Gasteiger partial charge in [-0.3, -0.25) is 0 Å². The van der Waals surface area contributed by atoms with Gasteiger partial charge in [0, 0.05) is 17.5 Å². The van der Waals surface area contributed by atoms with Crippen LogP contribution in [0.1, 0.15) is 31.8 Å². The third-order valence-corrected chi connectivity index (χ3v) is 5.38. The van der Waals surface area contributed by atoms with E-state index in [1.54, 1.807) is 72.5 Å². The van der Waals surface area contributed by atoms with Crippen molar-refractivity contribution in [3.05, 3.63) is 95.1 Å². The highest BCUT2D eigenvalue weighted by atomic mass is 16.6. The first-order chi connectivity index (χ1) is 17.1. The second kappa shape index (κ2) is 8.96. The summed E-state index contributed by atoms with van der Waals surface area (Å²) in [5, 5.41) is 0.779. The van der Waals surface area contributed by atoms with E-state index in [4.69, 9.17) is 14.2 Å². The van der Waals surface area contributed by atoms with Gasteiger partial charge in [0.25, 0.3) is 0 Å². The van der Waals surface area contributed by atoms with Crippen molar-refractivity contribution in [2.75, 3.05) is 0 Å². The molecule has 168 valence electrons. The molecule has 0 aliphatic carbocycles. The Morgan fingerprint density at radius 3 is 1.40 bits per heavy atom. The van der Waals surface area contributed by atoms with Gasteiger partial charge in [0.05, 0.1) is 16.5 Å². The van der Waals surface area contributed by atoms with Gasteiger partial charge in [-0.05, 0) is 59.7 Å². The van der Waals surface area contributed by atoms with Crippen LogP contribution in [0, 0.1) is 0 Å². The fourth-order valence-corrected chi connectivity index (χ4v) is 3.79. The normalized spacial score (nSPS) is 11.8. The lowest BCUT2D eigenvalue weighted by Gasteiger charge is -2.20. The third kappa shape index (κ3) is 4.12. The van der Waals surface area contributed by atoms with Crippen LogP contribution in [0.25, 0.3) is 22.9 Å². The molecule has 7 heteroatoms. The van der Waals surface area contributed by atoms with Crippen LogP contribution in [0.2, 0.25) is 0 Å². The summed E-state index contributed by atoms with van der Waals surface area (Å²) in [6, 6.07) is 19.8. The molecule has 4 aromatic rings. The smallest absolute Gasteiger partial charge is 0.346 e. The highest BCUT2D eigenvalue weighted by Crippen LogP contribution is 2.43. The Balaban J connectivity index is 1.64. The van der Waals surface area contributed by atoms with Gasteiger partial charge in [-0.2, -0.15) is 0 Å². The maximum absolute atomic E-state index is 12.4. The molecular formula is C28H14O7. The number of carbonyl (C=O) groups excluding carboxylic acids is 4. The predicted octanol–water partition coefficient (Wildman–Crippen LogP) is 5.42. The first-order valence-corrected chi connectivity index (χ1v) is 10.4. The van der Waals surface area contributed by atoms with Crippen molar-refractivity contribution in [1.82, 2.24) is 0 Å². The van der Waals surface area contributed by atoms with Crippen LogP contribution < -0.4 is 9.47 Å². The van der Waals surface area contributed by atoms with Gasteiger partial charge in [0.2, 0.25) is 0 Å². The molecule has 0 atom stereocenters. The Morgan fingerprint density at radius 1 is 0.571 bits per heavy atom. The van der Waals surface area contributed by atoms with Crippen LogP contribution in [0.3, 0.4) is 0 Å². The van der Waals surface area contributed by atoms with Crippen LogP contribution in [0.5, 0.6) is 23.0 Å². The van der Waals surface area contributed by atoms with Crippen LogP contribution in [0.15, 0.2) is 72.8 Å². The van der Waals surface area contributed by atoms with E-state index in [0.717, 1.165) is 0 Å². The number of carbonyl (C=O) groups is 2. The summed E-state index contributed by atoms with van der Waals surface area (Å²) >= 11 is 0. The molecule has 0 spiro atoms. The molecule has 0 saturated heterocycles. The molecule has 7 nitrogen and oxygen atoms in total. The van der Waals surface area contributed by atoms with Crippen LogP contribution in [-0.4, -0.2) is 23.8 Å². The van der Waals surface area contributed by atoms with Gasteiger partial charge in [0.1, 0.15) is 34.9 Å². The standard InChI is InChI=1S/C28H14O7/c29-15-13-17-1-5-19(6-2-17)33-23-11-9-21-25-22(28(32)35-27(21)31)10-12-24(26(23)25)34-20-7-3-18(4-8-20)14-16-30/h1-14H. The number of esters is 2. The monoisotopic (exact) mass is 462 g/mol. The highest BCUT2D eigenvalue weighted by molar-refractivity contribution is 6.22. The number of cyclic esters (lactones) is 2. The first-order valence-electron chi connectivity index (χ1n) is 10.4. The van der Waals surface area contributed by atoms with Gasteiger partial charge < -0.3 is 14.2 Å². The van der Waals surface area contributed by atoms with Crippen molar-refractivity contribution in [2.45, 2.75) is 0 Å². The molecule has 1 heterocycles. The van der Waals surface area contributed by atoms with E-state index in [1.807, 2.05) is 0 Å². The molecule has 0 radical (unpaired) electrons. The van der Waals surface area contributed by atoms with Crippen molar-refractivity contribution in [3.63, 3.8) is 0 Å². The minimum atomic E-state index is -0.758. The average molecular weight is 462 g/mol. The zero-order valence-electron chi connectivity index (χ0n) is 17.9. The van der Waals surface area contributed by atoms with Crippen molar-refractivity contribution in [3.8, 4) is 23.0 Å². The zero-order valence-corrected chi connectivity index (χ0v) is 17.9. The molecule has 1 aliphatic heterocycles. The molecule has 0 saturated carbocycles. The van der Waals surface area contributed by atoms with Gasteiger partial charge in [-0.15, -0.1) is 0 Å². The summed E-state index contributed by atoms with van der Waals surface area (Å²) in [5.74, 6) is 3.56. The molecule has 35 heavy (non-hydrogen) atoms. The number of rotatable bonds is 6. The molecule has 0 bridgehead atoms. The van der Waals surface area contributed by atoms with E-state index in [0.29, 0.717) is 44.9 Å². The lowest BCUT2D eigenvalue weighted by Crippen LogP contribution is -2.19. The molecule has 0 aromatic heterocycles. The lowest BCUT2D eigenvalue weighted by molar-refractivity contribution is 0.0391. The summed E-state index contributed by atoms with van der Waals surface area (Å²) in [6.07, 6.45) is 2.59. The first kappa shape index (κ1) is 21.6. The SMILES string of the molecule is O=C=Cc1ccc(Oc2ccc3c4c(ccc(Oc5ccc(C=C=O)cc5)c24)C(=O)OC3=O)cc1. The summed E-state index contributed by atoms with van der Waals surface area (Å²) in [4.78, 5) is 46.0. The third-order valence-electron chi connectivity index (χ3n) is 5.38. The van der Waals surface area contributed by atoms with E-state index in [2.05, 4.69) is 0 Å². The topological polar surface area (TPSA) is 96.0 Å². The Bertz CT molecular complexity index is 1470. The summed E-state index contributed by atoms with van der Waals surface area (Å²) in [6.45, 7) is 0. The molecule has 1 aliphatic rings. The molecule has 5 rings (SSSR count). The Hall–Kier alpha value is -5.22. The number of hydrogen-bond acceptors (Lipinski definition) is 7. The molecule has 0 unspecified atom stereocenters. The van der Waals surface area contributed by atoms with Gasteiger partial charge in [-0.25, -0.2) is 19.2 Å². The highest BCUT2D eigenvalue weighted by Gasteiger charge is 2.30. The van der Waals surface area contributed by atoms with E-state index in [9.17, 15) is 19.2 Å². The quantitative estimate of drug-likeness (QED) is 0.214. The lowest BCUT2D eigenvalue weighted by atomic mass is 9.96. The average Bonchev–Trinajstić information content (AvgIpc) is 2.86. The van der Waals surface area contributed by atoms with Crippen molar-refractivity contribution in [2.24, 2.45) is 0 Å². The van der Waals surface area contributed by atoms with Gasteiger partial charge in [0.15, 0.2) is 0 Å². The van der Waals surface area contributed by atoms with E-state index >= 15 is 0 Å². The minimum absolute atomic E-state index is 0.213. The fourth-order valence-electron chi connectivity index (χ4n) is 3.79. The molecule has 4 aromatic carbocycles. The number of hydrogen-bond donors (Lipinski definition) is 0. The molecular weight excluding hydrogens is 448 g/mol. The predicted molar refractivity (Wildman–Crippen MR) is 127 cm³/mol.